The van der Waals surface area contributed by atoms with Crippen molar-refractivity contribution >= 4 is 11.6 Å². The molecule has 0 unspecified atom stereocenters. The lowest BCUT2D eigenvalue weighted by atomic mass is 10.00. The number of hydrogen-bond donors (Lipinski definition) is 1. The van der Waals surface area contributed by atoms with Crippen LogP contribution < -0.4 is 5.32 Å². The van der Waals surface area contributed by atoms with Gasteiger partial charge in [0.15, 0.2) is 0 Å². The van der Waals surface area contributed by atoms with Crippen LogP contribution in [0.1, 0.15) is 45.9 Å². The van der Waals surface area contributed by atoms with Crippen molar-refractivity contribution < 1.29 is 9.72 Å². The molecule has 1 atom stereocenters. The summed E-state index contributed by atoms with van der Waals surface area (Å²) in [5, 5.41) is 14.0. The van der Waals surface area contributed by atoms with E-state index in [-0.39, 0.29) is 17.6 Å². The van der Waals surface area contributed by atoms with Crippen LogP contribution in [0, 0.1) is 29.9 Å². The predicted octanol–water partition coefficient (Wildman–Crippen LogP) is 4.09. The van der Waals surface area contributed by atoms with Crippen LogP contribution in [-0.4, -0.2) is 10.8 Å². The van der Waals surface area contributed by atoms with Crippen molar-refractivity contribution in [1.82, 2.24) is 5.32 Å². The number of hydrogen-bond acceptors (Lipinski definition) is 3. The Balaban J connectivity index is 1.80. The van der Waals surface area contributed by atoms with E-state index < -0.39 is 4.92 Å². The van der Waals surface area contributed by atoms with Gasteiger partial charge in [-0.05, 0) is 50.3 Å². The number of carbonyl (C=O) groups is 1. The number of nitrogens with zero attached hydrogens (tertiary/aromatic N) is 1. The molecule has 0 aromatic heterocycles. The van der Waals surface area contributed by atoms with Crippen LogP contribution in [0.5, 0.6) is 0 Å². The van der Waals surface area contributed by atoms with Crippen molar-refractivity contribution in [2.45, 2.75) is 32.7 Å². The molecule has 1 saturated carbocycles. The second-order valence-electron chi connectivity index (χ2n) is 6.46. The minimum absolute atomic E-state index is 0.00593. The molecule has 24 heavy (non-hydrogen) atoms. The van der Waals surface area contributed by atoms with E-state index in [2.05, 4.69) is 17.4 Å². The average Bonchev–Trinajstić information content (AvgIpc) is 3.37. The van der Waals surface area contributed by atoms with Crippen LogP contribution in [0.3, 0.4) is 0 Å². The van der Waals surface area contributed by atoms with Gasteiger partial charge in [-0.2, -0.15) is 0 Å². The van der Waals surface area contributed by atoms with Crippen LogP contribution in [-0.2, 0) is 0 Å². The molecule has 2 aromatic carbocycles. The SMILES string of the molecule is Cc1ccc([C@@H](NC(=O)c2ccc([N+](=O)[O-])c(C)c2)C2CC2)cc1. The van der Waals surface area contributed by atoms with Gasteiger partial charge in [0.25, 0.3) is 11.6 Å². The average molecular weight is 324 g/mol. The highest BCUT2D eigenvalue weighted by Gasteiger charge is 2.33. The highest BCUT2D eigenvalue weighted by atomic mass is 16.6. The molecule has 2 aromatic rings. The number of nitro benzene ring substituents is 1. The first-order valence-electron chi connectivity index (χ1n) is 8.08. The summed E-state index contributed by atoms with van der Waals surface area (Å²) in [5.41, 5.74) is 3.27. The van der Waals surface area contributed by atoms with E-state index in [1.807, 2.05) is 19.1 Å². The Hall–Kier alpha value is -2.69. The second kappa shape index (κ2) is 6.43. The van der Waals surface area contributed by atoms with Gasteiger partial charge in [0.05, 0.1) is 11.0 Å². The number of carbonyl (C=O) groups excluding carboxylic acids is 1. The summed E-state index contributed by atoms with van der Waals surface area (Å²) >= 11 is 0. The monoisotopic (exact) mass is 324 g/mol. The van der Waals surface area contributed by atoms with Gasteiger partial charge >= 0.3 is 0 Å². The summed E-state index contributed by atoms with van der Waals surface area (Å²) in [6.07, 6.45) is 2.22. The van der Waals surface area contributed by atoms with Crippen molar-refractivity contribution in [3.63, 3.8) is 0 Å². The Labute approximate surface area is 140 Å². The van der Waals surface area contributed by atoms with E-state index in [1.54, 1.807) is 13.0 Å². The zero-order chi connectivity index (χ0) is 17.3. The van der Waals surface area contributed by atoms with E-state index in [4.69, 9.17) is 0 Å². The van der Waals surface area contributed by atoms with Gasteiger partial charge in [-0.15, -0.1) is 0 Å². The molecule has 124 valence electrons. The van der Waals surface area contributed by atoms with Gasteiger partial charge in [0.2, 0.25) is 0 Å². The molecule has 0 aliphatic heterocycles. The van der Waals surface area contributed by atoms with Crippen molar-refractivity contribution in [2.75, 3.05) is 0 Å². The Morgan fingerprint density at radius 1 is 1.17 bits per heavy atom. The molecule has 0 bridgehead atoms. The maximum absolute atomic E-state index is 12.6. The predicted molar refractivity (Wildman–Crippen MR) is 91.9 cm³/mol. The lowest BCUT2D eigenvalue weighted by molar-refractivity contribution is -0.385. The van der Waals surface area contributed by atoms with Gasteiger partial charge < -0.3 is 5.32 Å². The van der Waals surface area contributed by atoms with Gasteiger partial charge in [0, 0.05) is 17.2 Å². The molecular formula is C19H20N2O3. The summed E-state index contributed by atoms with van der Waals surface area (Å²) in [6, 6.07) is 12.7. The maximum atomic E-state index is 12.6. The molecule has 0 saturated heterocycles. The largest absolute Gasteiger partial charge is 0.345 e. The van der Waals surface area contributed by atoms with Gasteiger partial charge in [-0.25, -0.2) is 0 Å². The van der Waals surface area contributed by atoms with E-state index in [0.717, 1.165) is 18.4 Å². The Bertz CT molecular complexity index is 780. The molecule has 5 heteroatoms. The van der Waals surface area contributed by atoms with E-state index in [9.17, 15) is 14.9 Å². The van der Waals surface area contributed by atoms with E-state index in [1.165, 1.54) is 17.7 Å². The van der Waals surface area contributed by atoms with E-state index in [0.29, 0.717) is 17.0 Å². The molecule has 1 aliphatic rings. The molecule has 1 aliphatic carbocycles. The standard InChI is InChI=1S/C19H20N2O3/c1-12-3-5-14(6-4-12)18(15-7-8-15)20-19(22)16-9-10-17(21(23)24)13(2)11-16/h3-6,9-11,15,18H,7-8H2,1-2H3,(H,20,22)/t18-/m1/s1. The fourth-order valence-corrected chi connectivity index (χ4v) is 2.90. The molecular weight excluding hydrogens is 304 g/mol. The highest BCUT2D eigenvalue weighted by molar-refractivity contribution is 5.95. The van der Waals surface area contributed by atoms with Gasteiger partial charge in [-0.1, -0.05) is 29.8 Å². The first kappa shape index (κ1) is 16.2. The van der Waals surface area contributed by atoms with Crippen molar-refractivity contribution in [2.24, 2.45) is 5.92 Å². The van der Waals surface area contributed by atoms with E-state index >= 15 is 0 Å². The molecule has 5 nitrogen and oxygen atoms in total. The van der Waals surface area contributed by atoms with Gasteiger partial charge in [-0.3, -0.25) is 14.9 Å². The molecule has 0 heterocycles. The Morgan fingerprint density at radius 3 is 2.38 bits per heavy atom. The minimum atomic E-state index is -0.434. The quantitative estimate of drug-likeness (QED) is 0.665. The number of aryl methyl sites for hydroxylation is 2. The molecule has 3 rings (SSSR count). The van der Waals surface area contributed by atoms with Crippen LogP contribution in [0.25, 0.3) is 0 Å². The van der Waals surface area contributed by atoms with Crippen molar-refractivity contribution in [3.05, 3.63) is 74.8 Å². The molecule has 0 radical (unpaired) electrons. The molecule has 0 spiro atoms. The van der Waals surface area contributed by atoms with Crippen molar-refractivity contribution in [1.29, 1.82) is 0 Å². The smallest absolute Gasteiger partial charge is 0.272 e. The third-order valence-electron chi connectivity index (χ3n) is 4.47. The van der Waals surface area contributed by atoms with Crippen LogP contribution >= 0.6 is 0 Å². The van der Waals surface area contributed by atoms with Crippen molar-refractivity contribution in [3.8, 4) is 0 Å². The molecule has 1 N–H and O–H groups in total. The topological polar surface area (TPSA) is 72.2 Å². The Kier molecular flexibility index (Phi) is 4.34. The van der Waals surface area contributed by atoms with Crippen LogP contribution in [0.2, 0.25) is 0 Å². The summed E-state index contributed by atoms with van der Waals surface area (Å²) in [7, 11) is 0. The Morgan fingerprint density at radius 2 is 1.83 bits per heavy atom. The zero-order valence-corrected chi connectivity index (χ0v) is 13.8. The minimum Gasteiger partial charge on any atom is -0.345 e. The molecule has 1 amide bonds. The maximum Gasteiger partial charge on any atom is 0.272 e. The summed E-state index contributed by atoms with van der Waals surface area (Å²) < 4.78 is 0. The third kappa shape index (κ3) is 3.45. The third-order valence-corrected chi connectivity index (χ3v) is 4.47. The number of amides is 1. The normalized spacial score (nSPS) is 14.9. The zero-order valence-electron chi connectivity index (χ0n) is 13.8. The highest BCUT2D eigenvalue weighted by Crippen LogP contribution is 2.41. The molecule has 1 fully saturated rings. The summed E-state index contributed by atoms with van der Waals surface area (Å²) in [6.45, 7) is 3.68. The second-order valence-corrected chi connectivity index (χ2v) is 6.46. The summed E-state index contributed by atoms with van der Waals surface area (Å²) in [4.78, 5) is 23.0. The first-order chi connectivity index (χ1) is 11.5. The van der Waals surface area contributed by atoms with Crippen LogP contribution in [0.15, 0.2) is 42.5 Å². The number of nitrogens with one attached hydrogen (secondary N) is 1. The fourth-order valence-electron chi connectivity index (χ4n) is 2.90. The number of rotatable bonds is 5. The lowest BCUT2D eigenvalue weighted by Crippen LogP contribution is -2.30. The van der Waals surface area contributed by atoms with Gasteiger partial charge in [0.1, 0.15) is 0 Å². The fraction of sp³-hybridized carbons (Fsp3) is 0.316. The first-order valence-corrected chi connectivity index (χ1v) is 8.08. The number of nitro groups is 1. The summed E-state index contributed by atoms with van der Waals surface area (Å²) in [5.74, 6) is 0.279. The number of benzene rings is 2. The lowest BCUT2D eigenvalue weighted by Gasteiger charge is -2.19. The van der Waals surface area contributed by atoms with Crippen LogP contribution in [0.4, 0.5) is 5.69 Å².